The molecule has 2 aromatic rings. The molecule has 0 radical (unpaired) electrons. The second kappa shape index (κ2) is 5.05. The van der Waals surface area contributed by atoms with Gasteiger partial charge < -0.3 is 4.74 Å². The van der Waals surface area contributed by atoms with Crippen LogP contribution in [0.1, 0.15) is 0 Å². The summed E-state index contributed by atoms with van der Waals surface area (Å²) in [5.74, 6) is 0.770. The number of methoxy groups -OCH3 is 1. The molecule has 0 aliphatic rings. The number of carbonyl (C=O) groups excluding carboxylic acids is 1. The molecule has 84 valence electrons. The summed E-state index contributed by atoms with van der Waals surface area (Å²) in [6.07, 6.45) is 4.71. The number of nitrogens with zero attached hydrogens (tertiary/aromatic N) is 2. The summed E-state index contributed by atoms with van der Waals surface area (Å²) in [5.41, 5.74) is 2.32. The van der Waals surface area contributed by atoms with Crippen LogP contribution in [0.25, 0.3) is 11.1 Å². The van der Waals surface area contributed by atoms with Crippen LogP contribution in [0.3, 0.4) is 0 Å². The highest BCUT2D eigenvalue weighted by molar-refractivity contribution is 5.67. The van der Waals surface area contributed by atoms with Crippen molar-refractivity contribution >= 4 is 11.8 Å². The maximum Gasteiger partial charge on any atom is 0.240 e. The molecule has 0 saturated carbocycles. The number of ether oxygens (including phenoxy) is 1. The summed E-state index contributed by atoms with van der Waals surface area (Å²) >= 11 is 0. The molecule has 0 spiro atoms. The fraction of sp³-hybridized carbons (Fsp3) is 0.0769. The van der Waals surface area contributed by atoms with Gasteiger partial charge in [0.25, 0.3) is 0 Å². The van der Waals surface area contributed by atoms with E-state index in [0.29, 0.717) is 5.69 Å². The van der Waals surface area contributed by atoms with E-state index in [1.165, 1.54) is 12.3 Å². The van der Waals surface area contributed by atoms with E-state index < -0.39 is 0 Å². The first-order chi connectivity index (χ1) is 8.33. The minimum absolute atomic E-state index is 0.486. The number of aromatic nitrogens is 1. The molecule has 0 aliphatic heterocycles. The number of hydrogen-bond acceptors (Lipinski definition) is 4. The Morgan fingerprint density at radius 3 is 2.88 bits per heavy atom. The van der Waals surface area contributed by atoms with Crippen LogP contribution in [-0.4, -0.2) is 18.2 Å². The first-order valence-electron chi connectivity index (χ1n) is 5.01. The number of isocyanates is 1. The number of aliphatic imine (C=N–C) groups is 1. The first-order valence-corrected chi connectivity index (χ1v) is 5.01. The van der Waals surface area contributed by atoms with E-state index in [4.69, 9.17) is 4.74 Å². The topological polar surface area (TPSA) is 51.6 Å². The van der Waals surface area contributed by atoms with E-state index in [1.807, 2.05) is 24.3 Å². The van der Waals surface area contributed by atoms with Crippen LogP contribution in [0.5, 0.6) is 5.75 Å². The van der Waals surface area contributed by atoms with E-state index in [9.17, 15) is 4.79 Å². The molecule has 4 nitrogen and oxygen atoms in total. The van der Waals surface area contributed by atoms with E-state index >= 15 is 0 Å². The SMILES string of the molecule is COc1cccc(-c2cncc(N=C=O)c2)c1. The van der Waals surface area contributed by atoms with Crippen LogP contribution < -0.4 is 4.74 Å². The van der Waals surface area contributed by atoms with Gasteiger partial charge in [-0.1, -0.05) is 12.1 Å². The number of hydrogen-bond donors (Lipinski definition) is 0. The maximum absolute atomic E-state index is 10.2. The molecular weight excluding hydrogens is 216 g/mol. The van der Waals surface area contributed by atoms with Gasteiger partial charge in [0.15, 0.2) is 0 Å². The van der Waals surface area contributed by atoms with Crippen molar-refractivity contribution in [3.8, 4) is 16.9 Å². The molecule has 0 atom stereocenters. The molecule has 1 aromatic carbocycles. The lowest BCUT2D eigenvalue weighted by molar-refractivity contribution is 0.415. The zero-order valence-corrected chi connectivity index (χ0v) is 9.25. The van der Waals surface area contributed by atoms with E-state index in [1.54, 1.807) is 19.4 Å². The average molecular weight is 226 g/mol. The van der Waals surface area contributed by atoms with Crippen LogP contribution in [0.15, 0.2) is 47.7 Å². The Bertz CT molecular complexity index is 575. The molecule has 0 N–H and O–H groups in total. The largest absolute Gasteiger partial charge is 0.497 e. The Morgan fingerprint density at radius 1 is 1.24 bits per heavy atom. The Morgan fingerprint density at radius 2 is 2.12 bits per heavy atom. The van der Waals surface area contributed by atoms with Crippen molar-refractivity contribution in [1.82, 2.24) is 4.98 Å². The van der Waals surface area contributed by atoms with Gasteiger partial charge >= 0.3 is 0 Å². The highest BCUT2D eigenvalue weighted by Crippen LogP contribution is 2.25. The molecule has 17 heavy (non-hydrogen) atoms. The van der Waals surface area contributed by atoms with E-state index in [-0.39, 0.29) is 0 Å². The molecule has 0 unspecified atom stereocenters. The lowest BCUT2D eigenvalue weighted by atomic mass is 10.1. The minimum atomic E-state index is 0.486. The van der Waals surface area contributed by atoms with Crippen molar-refractivity contribution in [2.45, 2.75) is 0 Å². The van der Waals surface area contributed by atoms with Crippen LogP contribution in [-0.2, 0) is 4.79 Å². The fourth-order valence-corrected chi connectivity index (χ4v) is 1.50. The van der Waals surface area contributed by atoms with Crippen LogP contribution in [0.2, 0.25) is 0 Å². The molecule has 0 bridgehead atoms. The maximum atomic E-state index is 10.2. The minimum Gasteiger partial charge on any atom is -0.497 e. The van der Waals surface area contributed by atoms with Crippen LogP contribution >= 0.6 is 0 Å². The molecule has 0 saturated heterocycles. The van der Waals surface area contributed by atoms with Crippen molar-refractivity contribution in [2.24, 2.45) is 4.99 Å². The summed E-state index contributed by atoms with van der Waals surface area (Å²) in [7, 11) is 1.62. The second-order valence-corrected chi connectivity index (χ2v) is 3.37. The third kappa shape index (κ3) is 2.56. The summed E-state index contributed by atoms with van der Waals surface area (Å²) < 4.78 is 5.15. The van der Waals surface area contributed by atoms with Gasteiger partial charge in [0.2, 0.25) is 6.08 Å². The van der Waals surface area contributed by atoms with Crippen molar-refractivity contribution in [2.75, 3.05) is 7.11 Å². The fourth-order valence-electron chi connectivity index (χ4n) is 1.50. The summed E-state index contributed by atoms with van der Waals surface area (Å²) in [4.78, 5) is 17.7. The summed E-state index contributed by atoms with van der Waals surface area (Å²) in [5, 5.41) is 0. The second-order valence-electron chi connectivity index (χ2n) is 3.37. The Labute approximate surface area is 98.6 Å². The third-order valence-electron chi connectivity index (χ3n) is 2.30. The standard InChI is InChI=1S/C13H10N2O2/c1-17-13-4-2-3-10(6-13)11-5-12(15-9-16)8-14-7-11/h2-8H,1H3. The van der Waals surface area contributed by atoms with E-state index in [0.717, 1.165) is 16.9 Å². The zero-order valence-electron chi connectivity index (χ0n) is 9.25. The Balaban J connectivity index is 2.44. The Hall–Kier alpha value is -2.45. The lowest BCUT2D eigenvalue weighted by Crippen LogP contribution is -1.84. The van der Waals surface area contributed by atoms with Gasteiger partial charge in [-0.3, -0.25) is 4.98 Å². The molecule has 0 amide bonds. The van der Waals surface area contributed by atoms with Crippen LogP contribution in [0.4, 0.5) is 5.69 Å². The molecule has 1 heterocycles. The number of benzene rings is 1. The molecule has 2 rings (SSSR count). The molecular formula is C13H10N2O2. The third-order valence-corrected chi connectivity index (χ3v) is 2.30. The van der Waals surface area contributed by atoms with Crippen molar-refractivity contribution < 1.29 is 9.53 Å². The number of rotatable bonds is 3. The quantitative estimate of drug-likeness (QED) is 0.597. The van der Waals surface area contributed by atoms with Crippen molar-refractivity contribution in [3.63, 3.8) is 0 Å². The zero-order chi connectivity index (χ0) is 12.1. The van der Waals surface area contributed by atoms with Gasteiger partial charge in [-0.25, -0.2) is 4.79 Å². The smallest absolute Gasteiger partial charge is 0.240 e. The van der Waals surface area contributed by atoms with Gasteiger partial charge in [-0.2, -0.15) is 4.99 Å². The lowest BCUT2D eigenvalue weighted by Gasteiger charge is -2.04. The summed E-state index contributed by atoms with van der Waals surface area (Å²) in [6, 6.07) is 9.36. The molecule has 4 heteroatoms. The molecule has 0 fully saturated rings. The monoisotopic (exact) mass is 226 g/mol. The van der Waals surface area contributed by atoms with Crippen LogP contribution in [0, 0.1) is 0 Å². The summed E-state index contributed by atoms with van der Waals surface area (Å²) in [6.45, 7) is 0. The number of pyridine rings is 1. The highest BCUT2D eigenvalue weighted by atomic mass is 16.5. The average Bonchev–Trinajstić information content (AvgIpc) is 2.40. The van der Waals surface area contributed by atoms with Gasteiger partial charge in [-0.15, -0.1) is 0 Å². The molecule has 0 aliphatic carbocycles. The highest BCUT2D eigenvalue weighted by Gasteiger charge is 2.01. The van der Waals surface area contributed by atoms with Gasteiger partial charge in [0.05, 0.1) is 19.0 Å². The normalized spacial score (nSPS) is 9.47. The van der Waals surface area contributed by atoms with Crippen molar-refractivity contribution in [1.29, 1.82) is 0 Å². The van der Waals surface area contributed by atoms with Gasteiger partial charge in [0.1, 0.15) is 5.75 Å². The molecule has 1 aromatic heterocycles. The van der Waals surface area contributed by atoms with Gasteiger partial charge in [-0.05, 0) is 23.8 Å². The Kier molecular flexibility index (Phi) is 3.28. The first kappa shape index (κ1) is 11.0. The van der Waals surface area contributed by atoms with Crippen molar-refractivity contribution in [3.05, 3.63) is 42.7 Å². The predicted octanol–water partition coefficient (Wildman–Crippen LogP) is 2.72. The predicted molar refractivity (Wildman–Crippen MR) is 64.0 cm³/mol. The van der Waals surface area contributed by atoms with E-state index in [2.05, 4.69) is 9.98 Å². The van der Waals surface area contributed by atoms with Gasteiger partial charge in [0, 0.05) is 11.8 Å².